The molecule has 0 saturated carbocycles. The smallest absolute Gasteiger partial charge is 0.342 e. The van der Waals surface area contributed by atoms with Crippen molar-refractivity contribution in [2.24, 2.45) is 0 Å². The zero-order chi connectivity index (χ0) is 17.8. The fourth-order valence-corrected chi connectivity index (χ4v) is 2.43. The molecule has 0 aliphatic rings. The summed E-state index contributed by atoms with van der Waals surface area (Å²) < 4.78 is 5.19. The highest BCUT2D eigenvalue weighted by Gasteiger charge is 2.21. The maximum absolute atomic E-state index is 12.3. The average molecular weight is 335 g/mol. The number of phenols is 1. The number of carbonyl (C=O) groups is 2. The Hall–Kier alpha value is -3.34. The Morgan fingerprint density at radius 2 is 1.56 bits per heavy atom. The average Bonchev–Trinajstić information content (AvgIpc) is 2.61. The molecule has 1 atom stereocenters. The summed E-state index contributed by atoms with van der Waals surface area (Å²) in [4.78, 5) is 24.4. The molecule has 0 bridgehead atoms. The van der Waals surface area contributed by atoms with Gasteiger partial charge in [0.05, 0.1) is 0 Å². The summed E-state index contributed by atoms with van der Waals surface area (Å²) in [5, 5.41) is 14.3. The summed E-state index contributed by atoms with van der Waals surface area (Å²) in [6, 6.07) is 19.3. The number of benzene rings is 3. The zero-order valence-electron chi connectivity index (χ0n) is 13.6. The van der Waals surface area contributed by atoms with Gasteiger partial charge in [-0.3, -0.25) is 4.79 Å². The number of amides is 1. The molecule has 1 amide bonds. The second-order valence-electron chi connectivity index (χ2n) is 5.62. The summed E-state index contributed by atoms with van der Waals surface area (Å²) in [5.41, 5.74) is 0.641. The number of aromatic hydroxyl groups is 1. The van der Waals surface area contributed by atoms with Gasteiger partial charge in [0.1, 0.15) is 11.3 Å². The highest BCUT2D eigenvalue weighted by Crippen LogP contribution is 2.26. The number of hydrogen-bond acceptors (Lipinski definition) is 4. The number of rotatable bonds is 4. The number of fused-ring (bicyclic) bond motifs is 1. The molecule has 5 nitrogen and oxygen atoms in total. The van der Waals surface area contributed by atoms with Gasteiger partial charge in [-0.25, -0.2) is 4.79 Å². The van der Waals surface area contributed by atoms with Crippen LogP contribution in [-0.2, 0) is 9.53 Å². The van der Waals surface area contributed by atoms with E-state index in [2.05, 4.69) is 5.32 Å². The van der Waals surface area contributed by atoms with Gasteiger partial charge >= 0.3 is 5.97 Å². The number of anilines is 1. The Labute approximate surface area is 144 Å². The second-order valence-corrected chi connectivity index (χ2v) is 5.62. The lowest BCUT2D eigenvalue weighted by Gasteiger charge is -2.14. The fourth-order valence-electron chi connectivity index (χ4n) is 2.43. The first-order valence-corrected chi connectivity index (χ1v) is 7.83. The van der Waals surface area contributed by atoms with Gasteiger partial charge in [0.2, 0.25) is 0 Å². The third kappa shape index (κ3) is 3.77. The lowest BCUT2D eigenvalue weighted by Crippen LogP contribution is -2.30. The molecular weight excluding hydrogens is 318 g/mol. The van der Waals surface area contributed by atoms with Gasteiger partial charge in [-0.05, 0) is 42.0 Å². The third-order valence-corrected chi connectivity index (χ3v) is 3.78. The molecule has 126 valence electrons. The van der Waals surface area contributed by atoms with Gasteiger partial charge in [0, 0.05) is 5.69 Å². The third-order valence-electron chi connectivity index (χ3n) is 3.78. The van der Waals surface area contributed by atoms with Crippen molar-refractivity contribution in [2.75, 3.05) is 5.32 Å². The molecule has 0 aliphatic heterocycles. The largest absolute Gasteiger partial charge is 0.507 e. The first-order valence-electron chi connectivity index (χ1n) is 7.83. The van der Waals surface area contributed by atoms with Gasteiger partial charge in [0.15, 0.2) is 6.10 Å². The van der Waals surface area contributed by atoms with E-state index in [9.17, 15) is 14.7 Å². The van der Waals surface area contributed by atoms with Gasteiger partial charge in [-0.1, -0.05) is 42.5 Å². The van der Waals surface area contributed by atoms with E-state index in [-0.39, 0.29) is 11.3 Å². The molecule has 5 heteroatoms. The van der Waals surface area contributed by atoms with E-state index in [4.69, 9.17) is 4.74 Å². The van der Waals surface area contributed by atoms with Crippen molar-refractivity contribution in [3.8, 4) is 5.75 Å². The number of esters is 1. The van der Waals surface area contributed by atoms with Crippen LogP contribution in [-0.4, -0.2) is 23.1 Å². The summed E-state index contributed by atoms with van der Waals surface area (Å²) in [6.45, 7) is 1.48. The molecule has 0 fully saturated rings. The maximum Gasteiger partial charge on any atom is 0.342 e. The van der Waals surface area contributed by atoms with Crippen LogP contribution >= 0.6 is 0 Å². The standard InChI is InChI=1S/C20H17NO4/c1-13(19(23)21-16-9-3-2-4-10-16)25-20(24)17-11-14-7-5-6-8-15(14)12-18(17)22/h2-13,22H,1H3,(H,21,23). The predicted octanol–water partition coefficient (Wildman–Crippen LogP) is 3.73. The van der Waals surface area contributed by atoms with E-state index in [1.54, 1.807) is 30.3 Å². The number of para-hydroxylation sites is 1. The van der Waals surface area contributed by atoms with E-state index < -0.39 is 18.0 Å². The first kappa shape index (κ1) is 16.5. The molecule has 0 saturated heterocycles. The molecule has 0 radical (unpaired) electrons. The Morgan fingerprint density at radius 3 is 2.24 bits per heavy atom. The van der Waals surface area contributed by atoms with Crippen LogP contribution in [0.5, 0.6) is 5.75 Å². The minimum Gasteiger partial charge on any atom is -0.507 e. The lowest BCUT2D eigenvalue weighted by molar-refractivity contribution is -0.123. The van der Waals surface area contributed by atoms with Gasteiger partial charge in [-0.15, -0.1) is 0 Å². The lowest BCUT2D eigenvalue weighted by atomic mass is 10.1. The molecule has 0 heterocycles. The van der Waals surface area contributed by atoms with E-state index in [1.165, 1.54) is 13.0 Å². The monoisotopic (exact) mass is 335 g/mol. The van der Waals surface area contributed by atoms with Crippen molar-refractivity contribution in [2.45, 2.75) is 13.0 Å². The molecule has 0 aliphatic carbocycles. The zero-order valence-corrected chi connectivity index (χ0v) is 13.6. The van der Waals surface area contributed by atoms with Crippen molar-refractivity contribution >= 4 is 28.3 Å². The SMILES string of the molecule is CC(OC(=O)c1cc2ccccc2cc1O)C(=O)Nc1ccccc1. The van der Waals surface area contributed by atoms with Crippen LogP contribution in [0.3, 0.4) is 0 Å². The van der Waals surface area contributed by atoms with Crippen LogP contribution < -0.4 is 5.32 Å². The van der Waals surface area contributed by atoms with E-state index >= 15 is 0 Å². The summed E-state index contributed by atoms with van der Waals surface area (Å²) in [5.74, 6) is -1.38. The van der Waals surface area contributed by atoms with Crippen LogP contribution in [0.1, 0.15) is 17.3 Å². The molecular formula is C20H17NO4. The minimum atomic E-state index is -1.00. The molecule has 3 rings (SSSR count). The minimum absolute atomic E-state index is 0.0260. The molecule has 1 unspecified atom stereocenters. The van der Waals surface area contributed by atoms with Gasteiger partial charge in [-0.2, -0.15) is 0 Å². The number of carbonyl (C=O) groups excluding carboxylic acids is 2. The molecule has 3 aromatic carbocycles. The number of phenolic OH excluding ortho intramolecular Hbond substituents is 1. The van der Waals surface area contributed by atoms with Crippen molar-refractivity contribution in [3.05, 3.63) is 72.3 Å². The molecule has 3 aromatic rings. The molecule has 0 spiro atoms. The summed E-state index contributed by atoms with van der Waals surface area (Å²) >= 11 is 0. The summed E-state index contributed by atoms with van der Waals surface area (Å²) in [7, 11) is 0. The predicted molar refractivity (Wildman–Crippen MR) is 95.6 cm³/mol. The van der Waals surface area contributed by atoms with E-state index in [0.29, 0.717) is 5.69 Å². The second kappa shape index (κ2) is 7.05. The maximum atomic E-state index is 12.3. The topological polar surface area (TPSA) is 75.6 Å². The van der Waals surface area contributed by atoms with Gasteiger partial charge < -0.3 is 15.2 Å². The van der Waals surface area contributed by atoms with Crippen LogP contribution in [0.4, 0.5) is 5.69 Å². The Kier molecular flexibility index (Phi) is 4.66. The van der Waals surface area contributed by atoms with E-state index in [1.807, 2.05) is 30.3 Å². The number of nitrogens with one attached hydrogen (secondary N) is 1. The van der Waals surface area contributed by atoms with Crippen LogP contribution in [0.25, 0.3) is 10.8 Å². The normalized spacial score (nSPS) is 11.7. The van der Waals surface area contributed by atoms with Gasteiger partial charge in [0.25, 0.3) is 5.91 Å². The van der Waals surface area contributed by atoms with Crippen molar-refractivity contribution in [1.82, 2.24) is 0 Å². The van der Waals surface area contributed by atoms with Crippen molar-refractivity contribution in [1.29, 1.82) is 0 Å². The first-order chi connectivity index (χ1) is 12.0. The van der Waals surface area contributed by atoms with Crippen LogP contribution in [0.2, 0.25) is 0 Å². The number of hydrogen-bond donors (Lipinski definition) is 2. The Balaban J connectivity index is 1.73. The molecule has 2 N–H and O–H groups in total. The van der Waals surface area contributed by atoms with Crippen LogP contribution in [0, 0.1) is 0 Å². The fraction of sp³-hybridized carbons (Fsp3) is 0.100. The van der Waals surface area contributed by atoms with E-state index in [0.717, 1.165) is 10.8 Å². The molecule has 0 aromatic heterocycles. The Bertz CT molecular complexity index is 921. The van der Waals surface area contributed by atoms with Crippen LogP contribution in [0.15, 0.2) is 66.7 Å². The molecule has 25 heavy (non-hydrogen) atoms. The quantitative estimate of drug-likeness (QED) is 0.712. The number of ether oxygens (including phenoxy) is 1. The van der Waals surface area contributed by atoms with Crippen molar-refractivity contribution < 1.29 is 19.4 Å². The van der Waals surface area contributed by atoms with Crippen molar-refractivity contribution in [3.63, 3.8) is 0 Å². The highest BCUT2D eigenvalue weighted by atomic mass is 16.5. The summed E-state index contributed by atoms with van der Waals surface area (Å²) in [6.07, 6.45) is -1.00. The Morgan fingerprint density at radius 1 is 0.960 bits per heavy atom. The highest BCUT2D eigenvalue weighted by molar-refractivity contribution is 6.01.